The quantitative estimate of drug-likeness (QED) is 0.531. The van der Waals surface area contributed by atoms with Crippen LogP contribution in [0.4, 0.5) is 5.69 Å². The summed E-state index contributed by atoms with van der Waals surface area (Å²) < 4.78 is 31.8. The molecular weight excluding hydrogens is 400 g/mol. The number of anilines is 1. The Kier molecular flexibility index (Phi) is 6.95. The fourth-order valence-corrected chi connectivity index (χ4v) is 4.62. The molecule has 6 nitrogen and oxygen atoms in total. The molecule has 0 bridgehead atoms. The number of ether oxygens (including phenoxy) is 1. The van der Waals surface area contributed by atoms with Crippen molar-refractivity contribution in [3.8, 4) is 5.75 Å². The first-order chi connectivity index (χ1) is 14.4. The number of benzene rings is 3. The molecule has 1 unspecified atom stereocenters. The van der Waals surface area contributed by atoms with Gasteiger partial charge < -0.3 is 10.1 Å². The highest BCUT2D eigenvalue weighted by Gasteiger charge is 2.31. The van der Waals surface area contributed by atoms with Gasteiger partial charge in [-0.05, 0) is 30.0 Å². The summed E-state index contributed by atoms with van der Waals surface area (Å²) in [6.45, 7) is 2.34. The molecule has 0 aliphatic rings. The summed E-state index contributed by atoms with van der Waals surface area (Å²) in [6.07, 6.45) is 1.46. The van der Waals surface area contributed by atoms with E-state index in [1.165, 1.54) is 4.31 Å². The van der Waals surface area contributed by atoms with Crippen LogP contribution in [0.1, 0.15) is 13.3 Å². The molecule has 30 heavy (non-hydrogen) atoms. The minimum Gasteiger partial charge on any atom is -0.491 e. The summed E-state index contributed by atoms with van der Waals surface area (Å²) in [5, 5.41) is 4.89. The van der Waals surface area contributed by atoms with E-state index >= 15 is 0 Å². The van der Waals surface area contributed by atoms with Crippen molar-refractivity contribution in [2.45, 2.75) is 19.4 Å². The van der Waals surface area contributed by atoms with Crippen molar-refractivity contribution in [2.24, 2.45) is 0 Å². The molecule has 3 aromatic carbocycles. The van der Waals surface area contributed by atoms with Gasteiger partial charge in [-0.15, -0.1) is 0 Å². The number of para-hydroxylation sites is 1. The zero-order chi connectivity index (χ0) is 21.6. The molecule has 3 aromatic rings. The topological polar surface area (TPSA) is 75.7 Å². The normalized spacial score (nSPS) is 12.3. The van der Waals surface area contributed by atoms with Gasteiger partial charge in [-0.25, -0.2) is 8.42 Å². The van der Waals surface area contributed by atoms with Crippen LogP contribution in [-0.4, -0.2) is 39.8 Å². The van der Waals surface area contributed by atoms with Crippen LogP contribution >= 0.6 is 0 Å². The molecular formula is C23H26N2O4S. The molecule has 158 valence electrons. The van der Waals surface area contributed by atoms with Crippen molar-refractivity contribution in [1.29, 1.82) is 0 Å². The van der Waals surface area contributed by atoms with E-state index in [9.17, 15) is 13.2 Å². The summed E-state index contributed by atoms with van der Waals surface area (Å²) in [4.78, 5) is 12.8. The lowest BCUT2D eigenvalue weighted by atomic mass is 10.1. The first kappa shape index (κ1) is 21.6. The summed E-state index contributed by atoms with van der Waals surface area (Å²) in [5.41, 5.74) is 0.467. The fraction of sp³-hybridized carbons (Fsp3) is 0.261. The monoisotopic (exact) mass is 426 g/mol. The molecule has 3 rings (SSSR count). The van der Waals surface area contributed by atoms with Crippen LogP contribution in [0.3, 0.4) is 0 Å². The Morgan fingerprint density at radius 1 is 1.00 bits per heavy atom. The summed E-state index contributed by atoms with van der Waals surface area (Å²) >= 11 is 0. The fourth-order valence-electron chi connectivity index (χ4n) is 3.41. The average molecular weight is 427 g/mol. The van der Waals surface area contributed by atoms with Gasteiger partial charge in [0.1, 0.15) is 18.4 Å². The van der Waals surface area contributed by atoms with Crippen LogP contribution in [0.2, 0.25) is 0 Å². The molecule has 0 heterocycles. The Balaban J connectivity index is 1.65. The second-order valence-corrected chi connectivity index (χ2v) is 8.79. The number of nitrogens with zero attached hydrogens (tertiary/aromatic N) is 1. The van der Waals surface area contributed by atoms with E-state index in [-0.39, 0.29) is 19.1 Å². The number of hydrogen-bond donors (Lipinski definition) is 1. The van der Waals surface area contributed by atoms with Gasteiger partial charge in [-0.2, -0.15) is 0 Å². The van der Waals surface area contributed by atoms with Gasteiger partial charge in [0.2, 0.25) is 15.9 Å². The van der Waals surface area contributed by atoms with Crippen molar-refractivity contribution < 1.29 is 17.9 Å². The maximum Gasteiger partial charge on any atom is 0.244 e. The molecule has 1 atom stereocenters. The first-order valence-corrected chi connectivity index (χ1v) is 11.7. The number of amides is 1. The van der Waals surface area contributed by atoms with Crippen molar-refractivity contribution >= 4 is 32.4 Å². The lowest BCUT2D eigenvalue weighted by Gasteiger charge is -2.30. The molecule has 1 amide bonds. The number of sulfonamides is 1. The highest BCUT2D eigenvalue weighted by atomic mass is 32.2. The van der Waals surface area contributed by atoms with Gasteiger partial charge in [0.15, 0.2) is 0 Å². The molecule has 0 aromatic heterocycles. The zero-order valence-corrected chi connectivity index (χ0v) is 17.9. The molecule has 0 saturated heterocycles. The highest BCUT2D eigenvalue weighted by molar-refractivity contribution is 7.92. The third kappa shape index (κ3) is 5.10. The van der Waals surface area contributed by atoms with Crippen molar-refractivity contribution in [2.75, 3.05) is 23.7 Å². The number of carbonyl (C=O) groups is 1. The van der Waals surface area contributed by atoms with E-state index in [0.717, 1.165) is 22.8 Å². The molecule has 0 spiro atoms. The lowest BCUT2D eigenvalue weighted by Crippen LogP contribution is -2.49. The van der Waals surface area contributed by atoms with Gasteiger partial charge in [0, 0.05) is 5.39 Å². The number of carbonyl (C=O) groups excluding carboxylic acids is 1. The van der Waals surface area contributed by atoms with E-state index in [4.69, 9.17) is 4.74 Å². The van der Waals surface area contributed by atoms with E-state index in [2.05, 4.69) is 5.32 Å². The summed E-state index contributed by atoms with van der Waals surface area (Å²) in [6, 6.07) is 21.6. The molecule has 0 fully saturated rings. The largest absolute Gasteiger partial charge is 0.491 e. The molecule has 0 radical (unpaired) electrons. The molecule has 0 aliphatic heterocycles. The van der Waals surface area contributed by atoms with Crippen molar-refractivity contribution in [3.63, 3.8) is 0 Å². The van der Waals surface area contributed by atoms with Crippen LogP contribution in [0.15, 0.2) is 72.8 Å². The third-order valence-electron chi connectivity index (χ3n) is 4.75. The maximum atomic E-state index is 12.8. The second kappa shape index (κ2) is 9.63. The minimum absolute atomic E-state index is 0.269. The van der Waals surface area contributed by atoms with Crippen molar-refractivity contribution in [1.82, 2.24) is 5.32 Å². The lowest BCUT2D eigenvalue weighted by molar-refractivity contribution is -0.122. The summed E-state index contributed by atoms with van der Waals surface area (Å²) in [5.74, 6) is 0.393. The van der Waals surface area contributed by atoms with E-state index in [0.29, 0.717) is 12.1 Å². The smallest absolute Gasteiger partial charge is 0.244 e. The second-order valence-electron chi connectivity index (χ2n) is 6.94. The molecule has 7 heteroatoms. The Hall–Kier alpha value is -3.06. The van der Waals surface area contributed by atoms with Crippen LogP contribution in [-0.2, 0) is 14.8 Å². The number of nitrogens with one attached hydrogen (secondary N) is 1. The van der Waals surface area contributed by atoms with Gasteiger partial charge in [0.25, 0.3) is 0 Å². The SMILES string of the molecule is CCC(C(=O)NCCOc1cccc2ccccc12)N(c1ccccc1)S(C)(=O)=O. The number of hydrogen-bond acceptors (Lipinski definition) is 4. The Labute approximate surface area is 177 Å². The Bertz CT molecular complexity index is 1100. The van der Waals surface area contributed by atoms with Gasteiger partial charge in [-0.3, -0.25) is 9.10 Å². The predicted octanol–water partition coefficient (Wildman–Crippen LogP) is 3.58. The number of rotatable bonds is 9. The Morgan fingerprint density at radius 3 is 2.37 bits per heavy atom. The third-order valence-corrected chi connectivity index (χ3v) is 5.93. The molecule has 0 saturated carbocycles. The van der Waals surface area contributed by atoms with Gasteiger partial charge >= 0.3 is 0 Å². The van der Waals surface area contributed by atoms with Crippen molar-refractivity contribution in [3.05, 3.63) is 72.8 Å². The van der Waals surface area contributed by atoms with Crippen LogP contribution < -0.4 is 14.4 Å². The highest BCUT2D eigenvalue weighted by Crippen LogP contribution is 2.25. The Morgan fingerprint density at radius 2 is 1.67 bits per heavy atom. The van der Waals surface area contributed by atoms with Crippen LogP contribution in [0, 0.1) is 0 Å². The van der Waals surface area contributed by atoms with Gasteiger partial charge in [0.05, 0.1) is 18.5 Å². The average Bonchev–Trinajstić information content (AvgIpc) is 2.74. The van der Waals surface area contributed by atoms with E-state index in [1.54, 1.807) is 37.3 Å². The molecule has 0 aliphatic carbocycles. The predicted molar refractivity (Wildman–Crippen MR) is 120 cm³/mol. The minimum atomic E-state index is -3.63. The number of fused-ring (bicyclic) bond motifs is 1. The van der Waals surface area contributed by atoms with Crippen LogP contribution in [0.25, 0.3) is 10.8 Å². The first-order valence-electron chi connectivity index (χ1n) is 9.84. The zero-order valence-electron chi connectivity index (χ0n) is 17.1. The van der Waals surface area contributed by atoms with E-state index < -0.39 is 16.1 Å². The van der Waals surface area contributed by atoms with Gasteiger partial charge in [-0.1, -0.05) is 61.5 Å². The standard InChI is InChI=1S/C23H26N2O4S/c1-3-21(25(30(2,27)28)19-12-5-4-6-13-19)23(26)24-16-17-29-22-15-9-11-18-10-7-8-14-20(18)22/h4-15,21H,3,16-17H2,1-2H3,(H,24,26). The maximum absolute atomic E-state index is 12.8. The van der Waals surface area contributed by atoms with Crippen LogP contribution in [0.5, 0.6) is 5.75 Å². The van der Waals surface area contributed by atoms with E-state index in [1.807, 2.05) is 42.5 Å². The molecule has 1 N–H and O–H groups in total. The summed E-state index contributed by atoms with van der Waals surface area (Å²) in [7, 11) is -3.63.